The summed E-state index contributed by atoms with van der Waals surface area (Å²) in [6.45, 7) is 4.36. The predicted molar refractivity (Wildman–Crippen MR) is 110 cm³/mol. The molecule has 1 aromatic heterocycles. The van der Waals surface area contributed by atoms with Crippen LogP contribution in [0.1, 0.15) is 34.9 Å². The fourth-order valence-electron chi connectivity index (χ4n) is 3.10. The zero-order valence-electron chi connectivity index (χ0n) is 16.5. The van der Waals surface area contributed by atoms with Gasteiger partial charge in [-0.15, -0.1) is 11.3 Å². The Hall–Kier alpha value is -2.12. The summed E-state index contributed by atoms with van der Waals surface area (Å²) in [5, 5.41) is 6.53. The average Bonchev–Trinajstić information content (AvgIpc) is 3.33. The maximum atomic E-state index is 5.57. The molecule has 1 N–H and O–H groups in total. The van der Waals surface area contributed by atoms with Crippen LogP contribution in [0.5, 0.6) is 5.75 Å². The second kappa shape index (κ2) is 9.19. The molecule has 0 saturated carbocycles. The van der Waals surface area contributed by atoms with Crippen molar-refractivity contribution in [3.63, 3.8) is 0 Å². The van der Waals surface area contributed by atoms with Crippen molar-refractivity contribution in [1.29, 1.82) is 0 Å². The van der Waals surface area contributed by atoms with Gasteiger partial charge in [-0.2, -0.15) is 0 Å². The van der Waals surface area contributed by atoms with E-state index in [0.29, 0.717) is 6.54 Å². The zero-order chi connectivity index (χ0) is 19.2. The third-order valence-corrected chi connectivity index (χ3v) is 5.75. The van der Waals surface area contributed by atoms with E-state index in [0.717, 1.165) is 48.4 Å². The summed E-state index contributed by atoms with van der Waals surface area (Å²) in [5.74, 6) is 1.90. The Morgan fingerprint density at radius 3 is 3.11 bits per heavy atom. The molecule has 0 amide bonds. The van der Waals surface area contributed by atoms with Gasteiger partial charge in [-0.25, -0.2) is 4.98 Å². The fraction of sp³-hybridized carbons (Fsp3) is 0.500. The molecule has 0 spiro atoms. The molecule has 0 saturated heterocycles. The number of rotatable bonds is 7. The first-order valence-electron chi connectivity index (χ1n) is 9.24. The molecule has 27 heavy (non-hydrogen) atoms. The third-order valence-electron chi connectivity index (χ3n) is 4.69. The maximum absolute atomic E-state index is 5.57. The van der Waals surface area contributed by atoms with Crippen LogP contribution in [-0.2, 0) is 24.1 Å². The standard InChI is InChI=1S/C20H28N4O2S/c1-14(25-4)19-23-17(13-27-19)12-24(3)20(21-2)22-9-7-15-5-6-18-16(11-15)8-10-26-18/h5-6,11,13-14H,7-10,12H2,1-4H3,(H,21,22). The molecule has 0 fully saturated rings. The molecule has 3 rings (SSSR count). The number of aromatic nitrogens is 1. The van der Waals surface area contributed by atoms with E-state index in [4.69, 9.17) is 9.47 Å². The first kappa shape index (κ1) is 19.6. The lowest BCUT2D eigenvalue weighted by atomic mass is 10.1. The maximum Gasteiger partial charge on any atom is 0.193 e. The topological polar surface area (TPSA) is 59.0 Å². The average molecular weight is 389 g/mol. The molecule has 2 aromatic rings. The highest BCUT2D eigenvalue weighted by molar-refractivity contribution is 7.09. The van der Waals surface area contributed by atoms with Crippen molar-refractivity contribution in [3.8, 4) is 5.75 Å². The minimum atomic E-state index is 0.0317. The van der Waals surface area contributed by atoms with Crippen LogP contribution in [0.25, 0.3) is 0 Å². The van der Waals surface area contributed by atoms with Crippen LogP contribution in [-0.4, -0.2) is 50.2 Å². The van der Waals surface area contributed by atoms with E-state index in [1.54, 1.807) is 18.4 Å². The van der Waals surface area contributed by atoms with Gasteiger partial charge in [-0.1, -0.05) is 12.1 Å². The summed E-state index contributed by atoms with van der Waals surface area (Å²) in [7, 11) is 5.55. The van der Waals surface area contributed by atoms with Crippen molar-refractivity contribution in [2.75, 3.05) is 34.4 Å². The monoisotopic (exact) mass is 388 g/mol. The van der Waals surface area contributed by atoms with E-state index in [2.05, 4.69) is 43.8 Å². The summed E-state index contributed by atoms with van der Waals surface area (Å²) in [4.78, 5) is 11.1. The number of fused-ring (bicyclic) bond motifs is 1. The van der Waals surface area contributed by atoms with Crippen LogP contribution in [0.15, 0.2) is 28.6 Å². The molecule has 146 valence electrons. The van der Waals surface area contributed by atoms with Crippen molar-refractivity contribution in [3.05, 3.63) is 45.4 Å². The molecule has 1 atom stereocenters. The van der Waals surface area contributed by atoms with E-state index < -0.39 is 0 Å². The van der Waals surface area contributed by atoms with E-state index >= 15 is 0 Å². The van der Waals surface area contributed by atoms with Crippen molar-refractivity contribution in [2.45, 2.75) is 32.4 Å². The number of aliphatic imine (C=N–C) groups is 1. The zero-order valence-corrected chi connectivity index (χ0v) is 17.3. The van der Waals surface area contributed by atoms with Crippen LogP contribution >= 0.6 is 11.3 Å². The van der Waals surface area contributed by atoms with Crippen LogP contribution in [0.3, 0.4) is 0 Å². The van der Waals surface area contributed by atoms with Gasteiger partial charge in [-0.3, -0.25) is 4.99 Å². The van der Waals surface area contributed by atoms with Crippen LogP contribution in [0.4, 0.5) is 0 Å². The summed E-state index contributed by atoms with van der Waals surface area (Å²) in [6.07, 6.45) is 1.99. The summed E-state index contributed by atoms with van der Waals surface area (Å²) >= 11 is 1.64. The highest BCUT2D eigenvalue weighted by Gasteiger charge is 2.14. The summed E-state index contributed by atoms with van der Waals surface area (Å²) < 4.78 is 10.9. The minimum Gasteiger partial charge on any atom is -0.493 e. The number of benzene rings is 1. The van der Waals surface area contributed by atoms with Crippen molar-refractivity contribution in [1.82, 2.24) is 15.2 Å². The quantitative estimate of drug-likeness (QED) is 0.584. The van der Waals surface area contributed by atoms with Crippen molar-refractivity contribution < 1.29 is 9.47 Å². The molecule has 2 heterocycles. The predicted octanol–water partition coefficient (Wildman–Crippen LogP) is 3.04. The van der Waals surface area contributed by atoms with Crippen LogP contribution in [0, 0.1) is 0 Å². The number of methoxy groups -OCH3 is 1. The summed E-state index contributed by atoms with van der Waals surface area (Å²) in [5.41, 5.74) is 3.67. The van der Waals surface area contributed by atoms with E-state index in [9.17, 15) is 0 Å². The Kier molecular flexibility index (Phi) is 6.68. The number of ether oxygens (including phenoxy) is 2. The van der Waals surface area contributed by atoms with E-state index in [1.165, 1.54) is 11.1 Å². The molecule has 0 bridgehead atoms. The van der Waals surface area contributed by atoms with Crippen molar-refractivity contribution in [2.24, 2.45) is 4.99 Å². The Bertz CT molecular complexity index is 790. The van der Waals surface area contributed by atoms with Gasteiger partial charge in [0.15, 0.2) is 5.96 Å². The third kappa shape index (κ3) is 4.99. The number of hydrogen-bond donors (Lipinski definition) is 1. The molecule has 0 radical (unpaired) electrons. The molecular formula is C20H28N4O2S. The van der Waals surface area contributed by atoms with Gasteiger partial charge >= 0.3 is 0 Å². The van der Waals surface area contributed by atoms with Gasteiger partial charge in [0.2, 0.25) is 0 Å². The van der Waals surface area contributed by atoms with Gasteiger partial charge in [0.1, 0.15) is 16.9 Å². The summed E-state index contributed by atoms with van der Waals surface area (Å²) in [6, 6.07) is 6.48. The van der Waals surface area contributed by atoms with Gasteiger partial charge in [-0.05, 0) is 30.5 Å². The number of guanidine groups is 1. The van der Waals surface area contributed by atoms with Crippen LogP contribution in [0.2, 0.25) is 0 Å². The number of hydrogen-bond acceptors (Lipinski definition) is 5. The molecular weight excluding hydrogens is 360 g/mol. The smallest absolute Gasteiger partial charge is 0.193 e. The fourth-order valence-corrected chi connectivity index (χ4v) is 3.94. The van der Waals surface area contributed by atoms with Gasteiger partial charge < -0.3 is 19.7 Å². The molecule has 1 aliphatic rings. The van der Waals surface area contributed by atoms with Crippen LogP contribution < -0.4 is 10.1 Å². The minimum absolute atomic E-state index is 0.0317. The highest BCUT2D eigenvalue weighted by Crippen LogP contribution is 2.26. The SMILES string of the molecule is CN=C(NCCc1ccc2c(c1)CCO2)N(C)Cc1csc(C(C)OC)n1. The highest BCUT2D eigenvalue weighted by atomic mass is 32.1. The lowest BCUT2D eigenvalue weighted by Gasteiger charge is -2.21. The number of thiazole rings is 1. The molecule has 7 heteroatoms. The first-order chi connectivity index (χ1) is 13.1. The van der Waals surface area contributed by atoms with Gasteiger partial charge in [0, 0.05) is 39.6 Å². The second-order valence-electron chi connectivity index (χ2n) is 6.68. The van der Waals surface area contributed by atoms with E-state index in [1.807, 2.05) is 21.0 Å². The van der Waals surface area contributed by atoms with Gasteiger partial charge in [0.05, 0.1) is 18.8 Å². The van der Waals surface area contributed by atoms with Crippen molar-refractivity contribution >= 4 is 17.3 Å². The lowest BCUT2D eigenvalue weighted by molar-refractivity contribution is 0.119. The lowest BCUT2D eigenvalue weighted by Crippen LogP contribution is -2.39. The van der Waals surface area contributed by atoms with E-state index in [-0.39, 0.29) is 6.10 Å². The van der Waals surface area contributed by atoms with Gasteiger partial charge in [0.25, 0.3) is 0 Å². The second-order valence-corrected chi connectivity index (χ2v) is 7.57. The molecule has 0 aliphatic carbocycles. The number of nitrogens with zero attached hydrogens (tertiary/aromatic N) is 3. The Labute approximate surface area is 165 Å². The molecule has 1 unspecified atom stereocenters. The Morgan fingerprint density at radius 2 is 2.33 bits per heavy atom. The Morgan fingerprint density at radius 1 is 1.48 bits per heavy atom. The number of nitrogens with one attached hydrogen (secondary N) is 1. The normalized spacial score (nSPS) is 14.6. The molecule has 1 aromatic carbocycles. The molecule has 6 nitrogen and oxygen atoms in total. The largest absolute Gasteiger partial charge is 0.493 e. The Balaban J connectivity index is 1.50. The molecule has 1 aliphatic heterocycles. The first-order valence-corrected chi connectivity index (χ1v) is 10.1.